The highest BCUT2D eigenvalue weighted by Crippen LogP contribution is 2.37. The largest absolute Gasteiger partial charge is 0.374 e. The summed E-state index contributed by atoms with van der Waals surface area (Å²) in [5.41, 5.74) is 2.56. The van der Waals surface area contributed by atoms with Crippen molar-refractivity contribution in [1.82, 2.24) is 24.5 Å². The van der Waals surface area contributed by atoms with E-state index in [4.69, 9.17) is 4.74 Å². The van der Waals surface area contributed by atoms with Crippen molar-refractivity contribution in [2.45, 2.75) is 50.2 Å². The van der Waals surface area contributed by atoms with Crippen LogP contribution >= 0.6 is 0 Å². The Morgan fingerprint density at radius 3 is 2.69 bits per heavy atom. The molecule has 2 atom stereocenters. The molecule has 0 amide bonds. The fraction of sp³-hybridized carbons (Fsp3) is 0.560. The number of sulfonamides is 1. The van der Waals surface area contributed by atoms with E-state index in [1.807, 2.05) is 17.9 Å². The fourth-order valence-electron chi connectivity index (χ4n) is 5.52. The van der Waals surface area contributed by atoms with Gasteiger partial charge in [-0.15, -0.1) is 0 Å². The minimum Gasteiger partial charge on any atom is -0.374 e. The summed E-state index contributed by atoms with van der Waals surface area (Å²) in [6.45, 7) is 1.94. The van der Waals surface area contributed by atoms with E-state index >= 15 is 0 Å². The van der Waals surface area contributed by atoms with Gasteiger partial charge >= 0.3 is 0 Å². The van der Waals surface area contributed by atoms with Crippen molar-refractivity contribution in [3.8, 4) is 0 Å². The molecule has 5 rings (SSSR count). The molecule has 1 saturated heterocycles. The molecule has 2 aliphatic rings. The molecule has 10 heteroatoms. The standard InChI is InChI=1S/C25H34N6O3S/c1-30-23-8-7-20(13-21(23)14-28-30)19-5-3-18(4-6-19)17-34-24-16-31(25-15-26-10-11-27-25)12-9-22(24)29-35(2,32)33/h7-8,10-11,13-15,18-19,22,24,29H,3-6,9,12,16-17H2,1-2H3/t18?,19?,22-,24+/m0/s1. The molecule has 1 aromatic carbocycles. The average Bonchev–Trinajstić information content (AvgIpc) is 3.23. The fourth-order valence-corrected chi connectivity index (χ4v) is 6.34. The second-order valence-corrected chi connectivity index (χ2v) is 11.8. The van der Waals surface area contributed by atoms with Crippen molar-refractivity contribution < 1.29 is 13.2 Å². The smallest absolute Gasteiger partial charge is 0.209 e. The lowest BCUT2D eigenvalue weighted by Gasteiger charge is -2.39. The second-order valence-electron chi connectivity index (χ2n) is 9.97. The third-order valence-electron chi connectivity index (χ3n) is 7.43. The molecule has 0 unspecified atom stereocenters. The zero-order chi connectivity index (χ0) is 24.4. The molecule has 9 nitrogen and oxygen atoms in total. The Balaban J connectivity index is 1.18. The van der Waals surface area contributed by atoms with Gasteiger partial charge in [-0.25, -0.2) is 18.1 Å². The zero-order valence-corrected chi connectivity index (χ0v) is 21.2. The van der Waals surface area contributed by atoms with Crippen LogP contribution in [0.15, 0.2) is 43.0 Å². The van der Waals surface area contributed by atoms with Gasteiger partial charge in [0, 0.05) is 44.5 Å². The third kappa shape index (κ3) is 5.82. The van der Waals surface area contributed by atoms with E-state index in [2.05, 4.69) is 42.9 Å². The molecule has 0 spiro atoms. The summed E-state index contributed by atoms with van der Waals surface area (Å²) in [6.07, 6.45) is 13.2. The maximum absolute atomic E-state index is 11.9. The normalized spacial score (nSPS) is 25.7. The van der Waals surface area contributed by atoms with Crippen molar-refractivity contribution in [2.75, 3.05) is 30.9 Å². The maximum atomic E-state index is 11.9. The number of fused-ring (bicyclic) bond motifs is 1. The number of rotatable bonds is 7. The van der Waals surface area contributed by atoms with Gasteiger partial charge in [-0.3, -0.25) is 9.67 Å². The molecule has 1 aliphatic carbocycles. The number of nitrogens with one attached hydrogen (secondary N) is 1. The lowest BCUT2D eigenvalue weighted by atomic mass is 9.79. The van der Waals surface area contributed by atoms with Crippen LogP contribution in [0.5, 0.6) is 0 Å². The lowest BCUT2D eigenvalue weighted by Crippen LogP contribution is -2.55. The van der Waals surface area contributed by atoms with Crippen molar-refractivity contribution in [2.24, 2.45) is 13.0 Å². The van der Waals surface area contributed by atoms with Crippen molar-refractivity contribution in [3.63, 3.8) is 0 Å². The lowest BCUT2D eigenvalue weighted by molar-refractivity contribution is -0.00129. The Bertz CT molecular complexity index is 1240. The molecule has 1 saturated carbocycles. The number of hydrogen-bond acceptors (Lipinski definition) is 7. The van der Waals surface area contributed by atoms with E-state index in [0.717, 1.165) is 37.0 Å². The van der Waals surface area contributed by atoms with Crippen molar-refractivity contribution in [1.29, 1.82) is 0 Å². The van der Waals surface area contributed by atoms with Crippen LogP contribution in [-0.2, 0) is 21.8 Å². The monoisotopic (exact) mass is 498 g/mol. The molecule has 2 aromatic heterocycles. The molecule has 3 heterocycles. The molecule has 0 bridgehead atoms. The molecule has 0 radical (unpaired) electrons. The summed E-state index contributed by atoms with van der Waals surface area (Å²) in [5, 5.41) is 5.56. The quantitative estimate of drug-likeness (QED) is 0.534. The Labute approximate surface area is 206 Å². The topological polar surface area (TPSA) is 102 Å². The number of ether oxygens (including phenoxy) is 1. The summed E-state index contributed by atoms with van der Waals surface area (Å²) in [6, 6.07) is 6.47. The van der Waals surface area contributed by atoms with E-state index in [9.17, 15) is 8.42 Å². The molecule has 188 valence electrons. The van der Waals surface area contributed by atoms with Gasteiger partial charge < -0.3 is 9.64 Å². The Morgan fingerprint density at radius 1 is 1.11 bits per heavy atom. The summed E-state index contributed by atoms with van der Waals surface area (Å²) in [4.78, 5) is 10.7. The first kappa shape index (κ1) is 24.1. The number of aryl methyl sites for hydroxylation is 1. The van der Waals surface area contributed by atoms with Crippen LogP contribution in [0.4, 0.5) is 5.82 Å². The number of anilines is 1. The minimum atomic E-state index is -3.32. The van der Waals surface area contributed by atoms with Crippen molar-refractivity contribution >= 4 is 26.7 Å². The molecular formula is C25H34N6O3S. The second kappa shape index (κ2) is 10.2. The Hall–Kier alpha value is -2.56. The molecule has 1 aliphatic heterocycles. The maximum Gasteiger partial charge on any atom is 0.209 e. The number of benzene rings is 1. The predicted molar refractivity (Wildman–Crippen MR) is 136 cm³/mol. The highest BCUT2D eigenvalue weighted by atomic mass is 32.2. The number of aromatic nitrogens is 4. The Morgan fingerprint density at radius 2 is 1.94 bits per heavy atom. The minimum absolute atomic E-state index is 0.230. The van der Waals surface area contributed by atoms with E-state index in [1.54, 1.807) is 18.6 Å². The first-order chi connectivity index (χ1) is 16.9. The van der Waals surface area contributed by atoms with E-state index in [-0.39, 0.29) is 12.1 Å². The summed E-state index contributed by atoms with van der Waals surface area (Å²) in [7, 11) is -1.34. The molecule has 35 heavy (non-hydrogen) atoms. The van der Waals surface area contributed by atoms with Gasteiger partial charge in [0.25, 0.3) is 0 Å². The summed E-state index contributed by atoms with van der Waals surface area (Å²) >= 11 is 0. The first-order valence-corrected chi connectivity index (χ1v) is 14.3. The molecule has 3 aromatic rings. The van der Waals surface area contributed by atoms with Gasteiger partial charge in [0.05, 0.1) is 36.3 Å². The first-order valence-electron chi connectivity index (χ1n) is 12.4. The van der Waals surface area contributed by atoms with E-state index < -0.39 is 10.0 Å². The SMILES string of the molecule is Cn1ncc2cc(C3CCC(CO[C@@H]4CN(c5cnccn5)CC[C@@H]4NS(C)(=O)=O)CC3)ccc21. The average molecular weight is 499 g/mol. The van der Waals surface area contributed by atoms with E-state index in [1.165, 1.54) is 17.2 Å². The molecule has 2 fully saturated rings. The number of nitrogens with zero attached hydrogens (tertiary/aromatic N) is 5. The van der Waals surface area contributed by atoms with Gasteiger partial charge in [0.1, 0.15) is 5.82 Å². The summed E-state index contributed by atoms with van der Waals surface area (Å²) < 4.78 is 35.0. The molecule has 1 N–H and O–H groups in total. The van der Waals surface area contributed by atoms with Crippen LogP contribution < -0.4 is 9.62 Å². The van der Waals surface area contributed by atoms with Crippen LogP contribution in [0, 0.1) is 5.92 Å². The number of hydrogen-bond donors (Lipinski definition) is 1. The van der Waals surface area contributed by atoms with E-state index in [0.29, 0.717) is 38.0 Å². The van der Waals surface area contributed by atoms with Gasteiger partial charge in [-0.1, -0.05) is 6.07 Å². The zero-order valence-electron chi connectivity index (χ0n) is 20.4. The van der Waals surface area contributed by atoms with Gasteiger partial charge in [-0.2, -0.15) is 5.10 Å². The van der Waals surface area contributed by atoms with Crippen LogP contribution in [-0.4, -0.2) is 66.3 Å². The van der Waals surface area contributed by atoms with Gasteiger partial charge in [0.2, 0.25) is 10.0 Å². The highest BCUT2D eigenvalue weighted by molar-refractivity contribution is 7.88. The highest BCUT2D eigenvalue weighted by Gasteiger charge is 2.33. The predicted octanol–water partition coefficient (Wildman–Crippen LogP) is 2.85. The van der Waals surface area contributed by atoms with Crippen molar-refractivity contribution in [3.05, 3.63) is 48.5 Å². The van der Waals surface area contributed by atoms with Crippen LogP contribution in [0.1, 0.15) is 43.6 Å². The van der Waals surface area contributed by atoms with Crippen LogP contribution in [0.2, 0.25) is 0 Å². The van der Waals surface area contributed by atoms with Gasteiger partial charge in [0.15, 0.2) is 0 Å². The Kier molecular flexibility index (Phi) is 7.04. The van der Waals surface area contributed by atoms with Gasteiger partial charge in [-0.05, 0) is 61.6 Å². The van der Waals surface area contributed by atoms with Crippen LogP contribution in [0.3, 0.4) is 0 Å². The molecular weight excluding hydrogens is 464 g/mol. The summed E-state index contributed by atoms with van der Waals surface area (Å²) in [5.74, 6) is 1.85. The van der Waals surface area contributed by atoms with Crippen LogP contribution in [0.25, 0.3) is 10.9 Å². The third-order valence-corrected chi connectivity index (χ3v) is 8.16. The number of piperidine rings is 1.